The molecule has 3 heterocycles. The number of oxazole rings is 1. The van der Waals surface area contributed by atoms with Gasteiger partial charge in [0.05, 0.1) is 11.5 Å². The monoisotopic (exact) mass is 554 g/mol. The van der Waals surface area contributed by atoms with E-state index in [1.807, 2.05) is 35.7 Å². The predicted molar refractivity (Wildman–Crippen MR) is 146 cm³/mol. The molecule has 0 aliphatic carbocycles. The topological polar surface area (TPSA) is 114 Å². The van der Waals surface area contributed by atoms with Crippen molar-refractivity contribution >= 4 is 21.4 Å². The lowest BCUT2D eigenvalue weighted by Gasteiger charge is -2.36. The molecular weight excluding hydrogens is 524 g/mol. The van der Waals surface area contributed by atoms with E-state index in [2.05, 4.69) is 6.07 Å². The highest BCUT2D eigenvalue weighted by molar-refractivity contribution is 7.89. The van der Waals surface area contributed by atoms with Gasteiger partial charge in [-0.05, 0) is 42.1 Å². The van der Waals surface area contributed by atoms with Gasteiger partial charge in [0, 0.05) is 56.3 Å². The number of rotatable bonds is 10. The fraction of sp³-hybridized carbons (Fsp3) is 0.321. The first-order valence-corrected chi connectivity index (χ1v) is 14.8. The number of thiophene rings is 1. The van der Waals surface area contributed by atoms with Crippen molar-refractivity contribution in [1.29, 1.82) is 0 Å². The molecule has 2 aromatic carbocycles. The molecule has 4 aromatic rings. The minimum atomic E-state index is -3.78. The fourth-order valence-electron chi connectivity index (χ4n) is 4.67. The van der Waals surface area contributed by atoms with Crippen LogP contribution in [0.1, 0.15) is 30.7 Å². The van der Waals surface area contributed by atoms with Crippen LogP contribution in [-0.2, 0) is 31.5 Å². The quantitative estimate of drug-likeness (QED) is 0.262. The molecule has 0 radical (unpaired) electrons. The Morgan fingerprint density at radius 3 is 2.45 bits per heavy atom. The molecule has 1 saturated heterocycles. The lowest BCUT2D eigenvalue weighted by atomic mass is 9.87. The summed E-state index contributed by atoms with van der Waals surface area (Å²) in [6.45, 7) is 1.85. The summed E-state index contributed by atoms with van der Waals surface area (Å²) in [4.78, 5) is 4.83. The van der Waals surface area contributed by atoms with Crippen molar-refractivity contribution in [1.82, 2.24) is 4.98 Å². The van der Waals surface area contributed by atoms with Crippen molar-refractivity contribution < 1.29 is 27.0 Å². The van der Waals surface area contributed by atoms with E-state index >= 15 is 0 Å². The minimum Gasteiger partial charge on any atom is -0.484 e. The summed E-state index contributed by atoms with van der Waals surface area (Å²) in [6.07, 6.45) is 2.89. The molecule has 5 rings (SSSR count). The summed E-state index contributed by atoms with van der Waals surface area (Å²) >= 11 is 1.57. The Bertz CT molecular complexity index is 1460. The molecule has 1 fully saturated rings. The molecule has 2 aromatic heterocycles. The maximum Gasteiger partial charge on any atom is 0.238 e. The summed E-state index contributed by atoms with van der Waals surface area (Å²) in [5.74, 6) is 1.16. The average Bonchev–Trinajstić information content (AvgIpc) is 3.59. The third-order valence-electron chi connectivity index (χ3n) is 6.74. The van der Waals surface area contributed by atoms with Crippen LogP contribution < -0.4 is 9.88 Å². The second-order valence-corrected chi connectivity index (χ2v) is 11.5. The van der Waals surface area contributed by atoms with Crippen molar-refractivity contribution in [3.63, 3.8) is 0 Å². The summed E-state index contributed by atoms with van der Waals surface area (Å²) < 4.78 is 47.2. The molecule has 8 nitrogen and oxygen atoms in total. The van der Waals surface area contributed by atoms with Crippen LogP contribution in [0.15, 0.2) is 75.4 Å². The Kier molecular flexibility index (Phi) is 7.96. The molecule has 0 bridgehead atoms. The molecule has 0 spiro atoms. The number of aryl methyl sites for hydroxylation is 1. The minimum absolute atomic E-state index is 0.0448. The van der Waals surface area contributed by atoms with Crippen LogP contribution in [0.25, 0.3) is 22.6 Å². The highest BCUT2D eigenvalue weighted by Crippen LogP contribution is 2.43. The van der Waals surface area contributed by atoms with Crippen molar-refractivity contribution in [2.45, 2.75) is 36.2 Å². The van der Waals surface area contributed by atoms with Crippen molar-refractivity contribution in [2.24, 2.45) is 5.14 Å². The highest BCUT2D eigenvalue weighted by atomic mass is 32.2. The molecule has 1 aliphatic heterocycles. The summed E-state index contributed by atoms with van der Waals surface area (Å²) in [5.41, 5.74) is 3.05. The fourth-order valence-corrected chi connectivity index (χ4v) is 6.05. The molecule has 0 saturated carbocycles. The molecule has 0 amide bonds. The van der Waals surface area contributed by atoms with Gasteiger partial charge < -0.3 is 18.6 Å². The summed E-state index contributed by atoms with van der Waals surface area (Å²) in [5, 5.41) is 8.17. The number of aromatic nitrogens is 1. The van der Waals surface area contributed by atoms with E-state index in [0.29, 0.717) is 50.0 Å². The van der Waals surface area contributed by atoms with Gasteiger partial charge in [0.1, 0.15) is 11.3 Å². The predicted octanol–water partition coefficient (Wildman–Crippen LogP) is 5.38. The second-order valence-electron chi connectivity index (χ2n) is 9.11. The Balaban J connectivity index is 1.31. The first-order valence-electron chi connectivity index (χ1n) is 12.4. The highest BCUT2D eigenvalue weighted by Gasteiger charge is 2.37. The van der Waals surface area contributed by atoms with Crippen molar-refractivity contribution in [3.05, 3.63) is 77.5 Å². The number of methoxy groups -OCH3 is 1. The van der Waals surface area contributed by atoms with Crippen LogP contribution in [0, 0.1) is 0 Å². The number of benzene rings is 2. The molecule has 200 valence electrons. The van der Waals surface area contributed by atoms with E-state index in [1.165, 1.54) is 12.1 Å². The van der Waals surface area contributed by atoms with Gasteiger partial charge >= 0.3 is 0 Å². The summed E-state index contributed by atoms with van der Waals surface area (Å²) in [7, 11) is -2.03. The molecule has 10 heteroatoms. The van der Waals surface area contributed by atoms with Crippen LogP contribution >= 0.6 is 11.3 Å². The number of ether oxygens (including phenoxy) is 3. The third kappa shape index (κ3) is 5.69. The van der Waals surface area contributed by atoms with Gasteiger partial charge in [-0.15, -0.1) is 11.3 Å². The second kappa shape index (κ2) is 11.4. The Labute approximate surface area is 226 Å². The first kappa shape index (κ1) is 26.6. The normalized spacial score (nSPS) is 15.4. The zero-order chi connectivity index (χ0) is 26.6. The number of sulfonamides is 1. The van der Waals surface area contributed by atoms with Crippen molar-refractivity contribution in [3.8, 4) is 27.6 Å². The van der Waals surface area contributed by atoms with Crippen LogP contribution in [0.5, 0.6) is 5.06 Å². The van der Waals surface area contributed by atoms with E-state index in [9.17, 15) is 8.42 Å². The number of nitrogens with zero attached hydrogens (tertiary/aromatic N) is 1. The lowest BCUT2D eigenvalue weighted by molar-refractivity contribution is -0.0955. The summed E-state index contributed by atoms with van der Waals surface area (Å²) in [6, 6.07) is 18.1. The lowest BCUT2D eigenvalue weighted by Crippen LogP contribution is -2.35. The van der Waals surface area contributed by atoms with Gasteiger partial charge in [-0.25, -0.2) is 18.5 Å². The van der Waals surface area contributed by atoms with Gasteiger partial charge in [0.15, 0.2) is 16.7 Å². The van der Waals surface area contributed by atoms with Gasteiger partial charge in [0.2, 0.25) is 10.0 Å². The molecule has 0 atom stereocenters. The molecular formula is C28H30N2O6S2. The largest absolute Gasteiger partial charge is 0.484 e. The maximum absolute atomic E-state index is 11.7. The maximum atomic E-state index is 11.7. The van der Waals surface area contributed by atoms with E-state index in [4.69, 9.17) is 28.8 Å². The van der Waals surface area contributed by atoms with E-state index < -0.39 is 10.0 Å². The molecule has 1 aliphatic rings. The molecule has 38 heavy (non-hydrogen) atoms. The molecule has 2 N–H and O–H groups in total. The van der Waals surface area contributed by atoms with Crippen LogP contribution in [0.4, 0.5) is 0 Å². The number of nitrogens with two attached hydrogens (primary N) is 1. The Hall–Kier alpha value is -3.02. The molecule has 0 unspecified atom stereocenters. The van der Waals surface area contributed by atoms with E-state index in [-0.39, 0.29) is 10.5 Å². The SMILES string of the molecule is COC1(c2ccsc2OCCCc2nc(-c3ccccc3)c(-c3ccc(S(N)(=O)=O)cc3)o2)CCOCC1. The average molecular weight is 555 g/mol. The van der Waals surface area contributed by atoms with E-state index in [0.717, 1.165) is 34.6 Å². The van der Waals surface area contributed by atoms with Gasteiger partial charge in [-0.3, -0.25) is 0 Å². The van der Waals surface area contributed by atoms with Crippen LogP contribution in [0.2, 0.25) is 0 Å². The Morgan fingerprint density at radius 1 is 1.03 bits per heavy atom. The third-order valence-corrected chi connectivity index (χ3v) is 8.50. The standard InChI is InChI=1S/C28H30N2O6S2/c1-33-28(14-17-34-18-15-28)23-13-19-37-27(23)35-16-5-8-24-30-25(20-6-3-2-4-7-20)26(36-24)21-9-11-22(12-10-21)38(29,31)32/h2-4,6-7,9-13,19H,5,8,14-18H2,1H3,(H2,29,31,32). The number of hydrogen-bond donors (Lipinski definition) is 1. The van der Waals surface area contributed by atoms with E-state index in [1.54, 1.807) is 30.6 Å². The van der Waals surface area contributed by atoms with Gasteiger partial charge in [0.25, 0.3) is 0 Å². The Morgan fingerprint density at radius 2 is 1.76 bits per heavy atom. The van der Waals surface area contributed by atoms with Gasteiger partial charge in [-0.1, -0.05) is 30.3 Å². The smallest absolute Gasteiger partial charge is 0.238 e. The zero-order valence-electron chi connectivity index (χ0n) is 21.1. The number of primary sulfonamides is 1. The number of hydrogen-bond acceptors (Lipinski definition) is 8. The van der Waals surface area contributed by atoms with Crippen LogP contribution in [0.3, 0.4) is 0 Å². The van der Waals surface area contributed by atoms with Crippen LogP contribution in [-0.4, -0.2) is 40.3 Å². The van der Waals surface area contributed by atoms with Gasteiger partial charge in [-0.2, -0.15) is 0 Å². The zero-order valence-corrected chi connectivity index (χ0v) is 22.7. The first-order chi connectivity index (χ1) is 18.4. The van der Waals surface area contributed by atoms with Crippen molar-refractivity contribution in [2.75, 3.05) is 26.9 Å².